The van der Waals surface area contributed by atoms with Crippen molar-refractivity contribution < 1.29 is 18.0 Å². The summed E-state index contributed by atoms with van der Waals surface area (Å²) in [6.45, 7) is 1.98. The second kappa shape index (κ2) is 8.12. The number of rotatable bonds is 5. The number of amides is 1. The van der Waals surface area contributed by atoms with Gasteiger partial charge < -0.3 is 10.6 Å². The van der Waals surface area contributed by atoms with Crippen LogP contribution < -0.4 is 10.6 Å². The van der Waals surface area contributed by atoms with E-state index in [0.717, 1.165) is 17.7 Å². The topological polar surface area (TPSA) is 54.0 Å². The number of benzene rings is 2. The van der Waals surface area contributed by atoms with Crippen LogP contribution in [0, 0.1) is 0 Å². The molecule has 1 amide bonds. The van der Waals surface area contributed by atoms with Crippen molar-refractivity contribution in [2.75, 3.05) is 10.6 Å². The Bertz CT molecular complexity index is 941. The molecule has 1 heterocycles. The lowest BCUT2D eigenvalue weighted by molar-refractivity contribution is -0.137. The molecule has 0 saturated heterocycles. The predicted molar refractivity (Wildman–Crippen MR) is 102 cm³/mol. The number of carbonyl (C=O) groups is 1. The maximum absolute atomic E-state index is 12.6. The van der Waals surface area contributed by atoms with Crippen molar-refractivity contribution >= 4 is 17.4 Å². The van der Waals surface area contributed by atoms with Gasteiger partial charge >= 0.3 is 6.18 Å². The zero-order valence-electron chi connectivity index (χ0n) is 15.0. The molecule has 0 bridgehead atoms. The number of halogens is 3. The normalized spacial score (nSPS) is 12.3. The lowest BCUT2D eigenvalue weighted by atomic mass is 10.1. The number of anilines is 2. The van der Waals surface area contributed by atoms with Gasteiger partial charge in [0.25, 0.3) is 5.91 Å². The fraction of sp³-hybridized carbons (Fsp3) is 0.143. The Hall–Kier alpha value is -3.35. The fourth-order valence-electron chi connectivity index (χ4n) is 2.64. The summed E-state index contributed by atoms with van der Waals surface area (Å²) in [6, 6.07) is 17.2. The second-order valence-electron chi connectivity index (χ2n) is 6.24. The van der Waals surface area contributed by atoms with E-state index in [2.05, 4.69) is 15.6 Å². The van der Waals surface area contributed by atoms with Gasteiger partial charge in [0.1, 0.15) is 5.82 Å². The van der Waals surface area contributed by atoms with Gasteiger partial charge in [-0.2, -0.15) is 13.2 Å². The number of pyridine rings is 1. The minimum Gasteiger partial charge on any atom is -0.364 e. The molecule has 0 spiro atoms. The molecule has 2 aromatic carbocycles. The maximum atomic E-state index is 12.6. The summed E-state index contributed by atoms with van der Waals surface area (Å²) in [6.07, 6.45) is -2.91. The van der Waals surface area contributed by atoms with Crippen LogP contribution in [-0.4, -0.2) is 10.9 Å². The minimum absolute atomic E-state index is 0.0121. The van der Waals surface area contributed by atoms with Crippen LogP contribution in [0.1, 0.15) is 34.5 Å². The van der Waals surface area contributed by atoms with E-state index in [-0.39, 0.29) is 11.7 Å². The average molecular weight is 385 g/mol. The molecule has 0 saturated carbocycles. The first-order valence-electron chi connectivity index (χ1n) is 8.59. The number of carbonyl (C=O) groups excluding carboxylic acids is 1. The Balaban J connectivity index is 1.68. The summed E-state index contributed by atoms with van der Waals surface area (Å²) in [5.41, 5.74) is 0.930. The SMILES string of the molecule is CC(Nc1cc(C(=O)Nc2ccc(C(F)(F)F)cc2)ccn1)c1ccccc1. The molecule has 0 aliphatic rings. The van der Waals surface area contributed by atoms with Gasteiger partial charge in [0.15, 0.2) is 0 Å². The van der Waals surface area contributed by atoms with Crippen molar-refractivity contribution in [3.8, 4) is 0 Å². The second-order valence-corrected chi connectivity index (χ2v) is 6.24. The van der Waals surface area contributed by atoms with E-state index < -0.39 is 17.6 Å². The van der Waals surface area contributed by atoms with Crippen molar-refractivity contribution in [3.05, 3.63) is 89.6 Å². The quantitative estimate of drug-likeness (QED) is 0.608. The largest absolute Gasteiger partial charge is 0.416 e. The molecular weight excluding hydrogens is 367 g/mol. The molecule has 7 heteroatoms. The van der Waals surface area contributed by atoms with Gasteiger partial charge in [-0.3, -0.25) is 4.79 Å². The van der Waals surface area contributed by atoms with Gasteiger partial charge in [0.05, 0.1) is 5.56 Å². The summed E-state index contributed by atoms with van der Waals surface area (Å²) in [5, 5.41) is 5.81. The Labute approximate surface area is 160 Å². The molecule has 4 nitrogen and oxygen atoms in total. The van der Waals surface area contributed by atoms with Gasteiger partial charge in [0.2, 0.25) is 0 Å². The van der Waals surface area contributed by atoms with E-state index in [1.54, 1.807) is 6.07 Å². The highest BCUT2D eigenvalue weighted by Gasteiger charge is 2.30. The van der Waals surface area contributed by atoms with E-state index in [1.165, 1.54) is 24.4 Å². The van der Waals surface area contributed by atoms with E-state index in [0.29, 0.717) is 11.4 Å². The molecule has 28 heavy (non-hydrogen) atoms. The van der Waals surface area contributed by atoms with Gasteiger partial charge in [-0.15, -0.1) is 0 Å². The van der Waals surface area contributed by atoms with Crippen LogP contribution in [0.5, 0.6) is 0 Å². The first-order valence-corrected chi connectivity index (χ1v) is 8.59. The Morgan fingerprint density at radius 2 is 1.68 bits per heavy atom. The highest BCUT2D eigenvalue weighted by atomic mass is 19.4. The lowest BCUT2D eigenvalue weighted by Crippen LogP contribution is -2.14. The van der Waals surface area contributed by atoms with E-state index in [1.807, 2.05) is 37.3 Å². The van der Waals surface area contributed by atoms with Gasteiger partial charge in [-0.25, -0.2) is 4.98 Å². The Kier molecular flexibility index (Phi) is 5.63. The first-order chi connectivity index (χ1) is 13.3. The van der Waals surface area contributed by atoms with E-state index in [4.69, 9.17) is 0 Å². The molecular formula is C21H18F3N3O. The summed E-state index contributed by atoms with van der Waals surface area (Å²) >= 11 is 0. The molecule has 1 atom stereocenters. The van der Waals surface area contributed by atoms with Crippen molar-refractivity contribution in [3.63, 3.8) is 0 Å². The number of nitrogens with zero attached hydrogens (tertiary/aromatic N) is 1. The molecule has 2 N–H and O–H groups in total. The third kappa shape index (κ3) is 4.88. The third-order valence-corrected chi connectivity index (χ3v) is 4.16. The van der Waals surface area contributed by atoms with Crippen molar-refractivity contribution in [2.24, 2.45) is 0 Å². The number of aromatic nitrogens is 1. The number of nitrogens with one attached hydrogen (secondary N) is 2. The molecule has 3 aromatic rings. The van der Waals surface area contributed by atoms with Crippen LogP contribution in [0.4, 0.5) is 24.7 Å². The summed E-state index contributed by atoms with van der Waals surface area (Å²) in [4.78, 5) is 16.6. The Morgan fingerprint density at radius 3 is 2.32 bits per heavy atom. The van der Waals surface area contributed by atoms with Crippen LogP contribution in [0.15, 0.2) is 72.9 Å². The highest BCUT2D eigenvalue weighted by molar-refractivity contribution is 6.04. The number of alkyl halides is 3. The van der Waals surface area contributed by atoms with E-state index >= 15 is 0 Å². The monoisotopic (exact) mass is 385 g/mol. The van der Waals surface area contributed by atoms with E-state index in [9.17, 15) is 18.0 Å². The van der Waals surface area contributed by atoms with Crippen LogP contribution in [-0.2, 0) is 6.18 Å². The van der Waals surface area contributed by atoms with Crippen LogP contribution >= 0.6 is 0 Å². The molecule has 0 aliphatic heterocycles. The van der Waals surface area contributed by atoms with Crippen LogP contribution in [0.3, 0.4) is 0 Å². The van der Waals surface area contributed by atoms with Gasteiger partial charge in [0, 0.05) is 23.5 Å². The number of hydrogen-bond donors (Lipinski definition) is 2. The molecule has 0 fully saturated rings. The maximum Gasteiger partial charge on any atom is 0.416 e. The zero-order valence-corrected chi connectivity index (χ0v) is 15.0. The standard InChI is InChI=1S/C21H18F3N3O/c1-14(15-5-3-2-4-6-15)26-19-13-16(11-12-25-19)20(28)27-18-9-7-17(8-10-18)21(22,23)24/h2-14H,1H3,(H,25,26)(H,27,28). The van der Waals surface area contributed by atoms with Crippen LogP contribution in [0.25, 0.3) is 0 Å². The molecule has 1 aromatic heterocycles. The fourth-order valence-corrected chi connectivity index (χ4v) is 2.64. The summed E-state index contributed by atoms with van der Waals surface area (Å²) in [5.74, 6) is 0.0917. The van der Waals surface area contributed by atoms with Crippen molar-refractivity contribution in [2.45, 2.75) is 19.1 Å². The predicted octanol–water partition coefficient (Wildman–Crippen LogP) is 5.53. The molecule has 3 rings (SSSR count). The Morgan fingerprint density at radius 1 is 1.00 bits per heavy atom. The first kappa shape index (κ1) is 19.4. The molecule has 0 aliphatic carbocycles. The molecule has 144 valence electrons. The zero-order chi connectivity index (χ0) is 20.1. The third-order valence-electron chi connectivity index (χ3n) is 4.16. The van der Waals surface area contributed by atoms with Crippen molar-refractivity contribution in [1.29, 1.82) is 0 Å². The lowest BCUT2D eigenvalue weighted by Gasteiger charge is -2.15. The van der Waals surface area contributed by atoms with Gasteiger partial charge in [-0.05, 0) is 48.9 Å². The highest BCUT2D eigenvalue weighted by Crippen LogP contribution is 2.30. The van der Waals surface area contributed by atoms with Crippen LogP contribution in [0.2, 0.25) is 0 Å². The average Bonchev–Trinajstić information content (AvgIpc) is 2.68. The van der Waals surface area contributed by atoms with Gasteiger partial charge in [-0.1, -0.05) is 30.3 Å². The van der Waals surface area contributed by atoms with Crippen molar-refractivity contribution in [1.82, 2.24) is 4.98 Å². The number of hydrogen-bond acceptors (Lipinski definition) is 3. The summed E-state index contributed by atoms with van der Waals surface area (Å²) < 4.78 is 37.9. The minimum atomic E-state index is -4.41. The summed E-state index contributed by atoms with van der Waals surface area (Å²) in [7, 11) is 0. The molecule has 1 unspecified atom stereocenters. The molecule has 0 radical (unpaired) electrons. The smallest absolute Gasteiger partial charge is 0.364 e.